The van der Waals surface area contributed by atoms with Crippen LogP contribution >= 0.6 is 0 Å². The van der Waals surface area contributed by atoms with E-state index in [2.05, 4.69) is 10.6 Å². The van der Waals surface area contributed by atoms with E-state index in [0.29, 0.717) is 6.54 Å². The third kappa shape index (κ3) is 6.96. The molecule has 1 aliphatic carbocycles. The average Bonchev–Trinajstić information content (AvgIpc) is 2.52. The maximum Gasteiger partial charge on any atom is 0.407 e. The van der Waals surface area contributed by atoms with Crippen LogP contribution in [0.25, 0.3) is 0 Å². The molecule has 7 heteroatoms. The fraction of sp³-hybridized carbons (Fsp3) is 0.789. The van der Waals surface area contributed by atoms with Crippen molar-refractivity contribution in [2.24, 2.45) is 0 Å². The van der Waals surface area contributed by atoms with E-state index < -0.39 is 29.8 Å². The highest BCUT2D eigenvalue weighted by Crippen LogP contribution is 2.25. The van der Waals surface area contributed by atoms with Crippen LogP contribution in [0.3, 0.4) is 0 Å². The van der Waals surface area contributed by atoms with Crippen LogP contribution in [-0.2, 0) is 14.3 Å². The predicted octanol–water partition coefficient (Wildman–Crippen LogP) is 2.85. The number of aliphatic carboxylic acids is 1. The van der Waals surface area contributed by atoms with Gasteiger partial charge in [-0.25, -0.2) is 9.59 Å². The molecule has 0 aromatic heterocycles. The Morgan fingerprint density at radius 3 is 2.35 bits per heavy atom. The summed E-state index contributed by atoms with van der Waals surface area (Å²) in [7, 11) is 0. The molecule has 0 bridgehead atoms. The Kier molecular flexibility index (Phi) is 8.56. The van der Waals surface area contributed by atoms with Crippen LogP contribution in [0.2, 0.25) is 0 Å². The van der Waals surface area contributed by atoms with Gasteiger partial charge in [-0.3, -0.25) is 0 Å². The molecule has 150 valence electrons. The molecule has 3 N–H and O–H groups in total. The van der Waals surface area contributed by atoms with Gasteiger partial charge in [-0.1, -0.05) is 20.8 Å². The summed E-state index contributed by atoms with van der Waals surface area (Å²) in [6, 6.07) is -0.656. The first-order valence-corrected chi connectivity index (χ1v) is 9.43. The Labute approximate surface area is 156 Å². The zero-order valence-electron chi connectivity index (χ0n) is 16.8. The molecule has 0 fully saturated rings. The molecule has 0 aromatic carbocycles. The summed E-state index contributed by atoms with van der Waals surface area (Å²) >= 11 is 0. The minimum atomic E-state index is -0.992. The van der Waals surface area contributed by atoms with Gasteiger partial charge in [0.15, 0.2) is 0 Å². The average molecular weight is 370 g/mol. The Morgan fingerprint density at radius 2 is 1.88 bits per heavy atom. The number of amides is 1. The predicted molar refractivity (Wildman–Crippen MR) is 100 cm³/mol. The number of rotatable bonds is 8. The standard InChI is InChI=1S/C19H34N2O5/c1-7-13(8-2)25-15-11-12(17(22)23)10-14(16(15)20-9-3)21-18(24)26-19(4,5)6/h11,13-16,20H,7-10H2,1-6H3,(H,21,24)(H,22,23). The molecular formula is C19H34N2O5. The number of carboxylic acid groups (broad SMARTS) is 1. The maximum atomic E-state index is 12.2. The molecule has 3 unspecified atom stereocenters. The largest absolute Gasteiger partial charge is 0.478 e. The van der Waals surface area contributed by atoms with Crippen molar-refractivity contribution in [3.8, 4) is 0 Å². The minimum absolute atomic E-state index is 0.0349. The van der Waals surface area contributed by atoms with Crippen LogP contribution in [-0.4, -0.2) is 53.6 Å². The van der Waals surface area contributed by atoms with Crippen LogP contribution < -0.4 is 10.6 Å². The van der Waals surface area contributed by atoms with Gasteiger partial charge in [-0.15, -0.1) is 0 Å². The van der Waals surface area contributed by atoms with Crippen molar-refractivity contribution in [2.45, 2.75) is 90.7 Å². The fourth-order valence-electron chi connectivity index (χ4n) is 3.04. The van der Waals surface area contributed by atoms with Crippen LogP contribution in [0.1, 0.15) is 60.8 Å². The van der Waals surface area contributed by atoms with Gasteiger partial charge in [0.25, 0.3) is 0 Å². The normalized spacial score (nSPS) is 23.5. The number of likely N-dealkylation sites (N-methyl/N-ethyl adjacent to an activating group) is 1. The quantitative estimate of drug-likeness (QED) is 0.608. The highest BCUT2D eigenvalue weighted by molar-refractivity contribution is 5.87. The number of hydrogen-bond acceptors (Lipinski definition) is 5. The Hall–Kier alpha value is -1.60. The topological polar surface area (TPSA) is 96.9 Å². The second kappa shape index (κ2) is 9.92. The van der Waals surface area contributed by atoms with E-state index in [0.717, 1.165) is 12.8 Å². The van der Waals surface area contributed by atoms with Gasteiger partial charge in [0.2, 0.25) is 0 Å². The summed E-state index contributed by atoms with van der Waals surface area (Å²) in [6.45, 7) is 12.1. The molecule has 0 heterocycles. The van der Waals surface area contributed by atoms with Crippen LogP contribution in [0.4, 0.5) is 4.79 Å². The van der Waals surface area contributed by atoms with Gasteiger partial charge in [-0.05, 0) is 46.2 Å². The number of alkyl carbamates (subject to hydrolysis) is 1. The molecule has 0 aromatic rings. The Morgan fingerprint density at radius 1 is 1.27 bits per heavy atom. The SMILES string of the molecule is CCNC1C(NC(=O)OC(C)(C)C)CC(C(=O)O)=CC1OC(CC)CC. The number of carbonyl (C=O) groups excluding carboxylic acids is 1. The number of nitrogens with one attached hydrogen (secondary N) is 2. The van der Waals surface area contributed by atoms with Crippen molar-refractivity contribution >= 4 is 12.1 Å². The monoisotopic (exact) mass is 370 g/mol. The lowest BCUT2D eigenvalue weighted by molar-refractivity contribution is -0.133. The van der Waals surface area contributed by atoms with E-state index in [-0.39, 0.29) is 24.1 Å². The third-order valence-electron chi connectivity index (χ3n) is 4.27. The van der Waals surface area contributed by atoms with Gasteiger partial charge in [0, 0.05) is 12.0 Å². The summed E-state index contributed by atoms with van der Waals surface area (Å²) in [6.07, 6.45) is 2.61. The summed E-state index contributed by atoms with van der Waals surface area (Å²) in [4.78, 5) is 23.8. The zero-order valence-corrected chi connectivity index (χ0v) is 16.8. The molecule has 26 heavy (non-hydrogen) atoms. The first-order chi connectivity index (χ1) is 12.1. The van der Waals surface area contributed by atoms with Crippen molar-refractivity contribution in [1.82, 2.24) is 10.6 Å². The molecule has 7 nitrogen and oxygen atoms in total. The van der Waals surface area contributed by atoms with Gasteiger partial charge in [0.1, 0.15) is 5.60 Å². The molecule has 3 atom stereocenters. The lowest BCUT2D eigenvalue weighted by Gasteiger charge is -2.38. The van der Waals surface area contributed by atoms with Gasteiger partial charge in [0.05, 0.1) is 24.3 Å². The molecule has 0 saturated carbocycles. The van der Waals surface area contributed by atoms with Crippen LogP contribution in [0, 0.1) is 0 Å². The van der Waals surface area contributed by atoms with E-state index >= 15 is 0 Å². The second-order valence-electron chi connectivity index (χ2n) is 7.58. The van der Waals surface area contributed by atoms with Crippen molar-refractivity contribution < 1.29 is 24.2 Å². The number of ether oxygens (including phenoxy) is 2. The van der Waals surface area contributed by atoms with E-state index in [1.165, 1.54) is 0 Å². The van der Waals surface area contributed by atoms with E-state index in [9.17, 15) is 14.7 Å². The van der Waals surface area contributed by atoms with E-state index in [1.54, 1.807) is 26.8 Å². The lowest BCUT2D eigenvalue weighted by atomic mass is 9.87. The highest BCUT2D eigenvalue weighted by Gasteiger charge is 2.37. The second-order valence-corrected chi connectivity index (χ2v) is 7.58. The number of carbonyl (C=O) groups is 2. The van der Waals surface area contributed by atoms with Crippen LogP contribution in [0.15, 0.2) is 11.6 Å². The molecule has 0 aliphatic heterocycles. The Balaban J connectivity index is 3.04. The Bertz CT molecular complexity index is 509. The fourth-order valence-corrected chi connectivity index (χ4v) is 3.04. The maximum absolute atomic E-state index is 12.2. The first kappa shape index (κ1) is 22.4. The molecule has 1 rings (SSSR count). The van der Waals surface area contributed by atoms with Gasteiger partial charge in [-0.2, -0.15) is 0 Å². The van der Waals surface area contributed by atoms with Gasteiger partial charge >= 0.3 is 12.1 Å². The van der Waals surface area contributed by atoms with Crippen molar-refractivity contribution in [1.29, 1.82) is 0 Å². The number of hydrogen-bond donors (Lipinski definition) is 3. The molecule has 1 aliphatic rings. The number of carboxylic acids is 1. The molecule has 0 radical (unpaired) electrons. The van der Waals surface area contributed by atoms with E-state index in [4.69, 9.17) is 9.47 Å². The van der Waals surface area contributed by atoms with Crippen LogP contribution in [0.5, 0.6) is 0 Å². The zero-order chi connectivity index (χ0) is 19.9. The molecule has 1 amide bonds. The third-order valence-corrected chi connectivity index (χ3v) is 4.27. The summed E-state index contributed by atoms with van der Waals surface area (Å²) in [5, 5.41) is 15.6. The molecule has 0 spiro atoms. The van der Waals surface area contributed by atoms with Gasteiger partial charge < -0.3 is 25.2 Å². The van der Waals surface area contributed by atoms with Crippen molar-refractivity contribution in [2.75, 3.05) is 6.54 Å². The summed E-state index contributed by atoms with van der Waals surface area (Å²) in [5.74, 6) is -0.992. The summed E-state index contributed by atoms with van der Waals surface area (Å²) < 4.78 is 11.5. The molecular weight excluding hydrogens is 336 g/mol. The smallest absolute Gasteiger partial charge is 0.407 e. The minimum Gasteiger partial charge on any atom is -0.478 e. The van der Waals surface area contributed by atoms with Crippen molar-refractivity contribution in [3.63, 3.8) is 0 Å². The molecule has 0 saturated heterocycles. The summed E-state index contributed by atoms with van der Waals surface area (Å²) in [5.41, 5.74) is -0.375. The lowest BCUT2D eigenvalue weighted by Crippen LogP contribution is -2.59. The highest BCUT2D eigenvalue weighted by atomic mass is 16.6. The van der Waals surface area contributed by atoms with E-state index in [1.807, 2.05) is 20.8 Å². The van der Waals surface area contributed by atoms with Crippen molar-refractivity contribution in [3.05, 3.63) is 11.6 Å². The first-order valence-electron chi connectivity index (χ1n) is 9.43.